The lowest BCUT2D eigenvalue weighted by Crippen LogP contribution is -2.34. The summed E-state index contributed by atoms with van der Waals surface area (Å²) in [7, 11) is 1.85. The summed E-state index contributed by atoms with van der Waals surface area (Å²) in [5.41, 5.74) is 3.51. The zero-order chi connectivity index (χ0) is 16.4. The van der Waals surface area contributed by atoms with E-state index < -0.39 is 0 Å². The molecule has 122 valence electrons. The van der Waals surface area contributed by atoms with Crippen LogP contribution >= 0.6 is 11.3 Å². The summed E-state index contributed by atoms with van der Waals surface area (Å²) < 4.78 is 5.90. The molecule has 3 rings (SSSR count). The molecule has 1 aliphatic heterocycles. The molecule has 0 fully saturated rings. The Morgan fingerprint density at radius 3 is 2.91 bits per heavy atom. The third kappa shape index (κ3) is 3.62. The van der Waals surface area contributed by atoms with Gasteiger partial charge in [-0.15, -0.1) is 11.3 Å². The van der Waals surface area contributed by atoms with E-state index in [2.05, 4.69) is 23.2 Å². The number of rotatable bonds is 4. The first-order valence-corrected chi connectivity index (χ1v) is 8.72. The SMILES string of the molecule is Cc1nc(C)c(CC(=O)N(C)CC2OCCc3ccccc32)s1. The summed E-state index contributed by atoms with van der Waals surface area (Å²) >= 11 is 1.60. The zero-order valence-electron chi connectivity index (χ0n) is 13.8. The van der Waals surface area contributed by atoms with Crippen molar-refractivity contribution in [2.45, 2.75) is 32.8 Å². The van der Waals surface area contributed by atoms with Crippen LogP contribution in [0.3, 0.4) is 0 Å². The van der Waals surface area contributed by atoms with Gasteiger partial charge in [-0.2, -0.15) is 0 Å². The summed E-state index contributed by atoms with van der Waals surface area (Å²) in [4.78, 5) is 19.7. The highest BCUT2D eigenvalue weighted by atomic mass is 32.1. The van der Waals surface area contributed by atoms with Crippen molar-refractivity contribution >= 4 is 17.2 Å². The minimum absolute atomic E-state index is 0.0295. The number of fused-ring (bicyclic) bond motifs is 1. The van der Waals surface area contributed by atoms with Crippen molar-refractivity contribution in [3.05, 3.63) is 51.0 Å². The molecule has 0 N–H and O–H groups in total. The number of hydrogen-bond donors (Lipinski definition) is 0. The maximum atomic E-state index is 12.5. The van der Waals surface area contributed by atoms with E-state index in [0.29, 0.717) is 13.0 Å². The number of likely N-dealkylation sites (N-methyl/N-ethyl adjacent to an activating group) is 1. The lowest BCUT2D eigenvalue weighted by atomic mass is 9.97. The van der Waals surface area contributed by atoms with Gasteiger partial charge in [-0.1, -0.05) is 24.3 Å². The molecule has 1 aromatic carbocycles. The molecule has 0 saturated heterocycles. The number of carbonyl (C=O) groups is 1. The van der Waals surface area contributed by atoms with Gasteiger partial charge in [-0.3, -0.25) is 4.79 Å². The number of amides is 1. The van der Waals surface area contributed by atoms with Crippen molar-refractivity contribution in [2.75, 3.05) is 20.2 Å². The number of aromatic nitrogens is 1. The van der Waals surface area contributed by atoms with Gasteiger partial charge in [-0.05, 0) is 31.4 Å². The molecule has 2 heterocycles. The van der Waals surface area contributed by atoms with Crippen LogP contribution in [0, 0.1) is 13.8 Å². The van der Waals surface area contributed by atoms with Gasteiger partial charge in [0.15, 0.2) is 0 Å². The maximum absolute atomic E-state index is 12.5. The van der Waals surface area contributed by atoms with Gasteiger partial charge in [-0.25, -0.2) is 4.98 Å². The van der Waals surface area contributed by atoms with Crippen LogP contribution in [0.2, 0.25) is 0 Å². The number of aryl methyl sites for hydroxylation is 2. The quantitative estimate of drug-likeness (QED) is 0.865. The smallest absolute Gasteiger partial charge is 0.227 e. The van der Waals surface area contributed by atoms with Gasteiger partial charge in [0.05, 0.1) is 30.3 Å². The van der Waals surface area contributed by atoms with Crippen molar-refractivity contribution in [3.8, 4) is 0 Å². The van der Waals surface area contributed by atoms with Crippen LogP contribution in [0.1, 0.15) is 32.8 Å². The van der Waals surface area contributed by atoms with Gasteiger partial charge in [0, 0.05) is 11.9 Å². The Kier molecular flexibility index (Phi) is 4.78. The summed E-state index contributed by atoms with van der Waals surface area (Å²) in [5, 5.41) is 1.01. The fraction of sp³-hybridized carbons (Fsp3) is 0.444. The summed E-state index contributed by atoms with van der Waals surface area (Å²) in [6, 6.07) is 8.35. The van der Waals surface area contributed by atoms with Crippen LogP contribution < -0.4 is 0 Å². The predicted octanol–water partition coefficient (Wildman–Crippen LogP) is 3.07. The number of carbonyl (C=O) groups excluding carboxylic acids is 1. The molecule has 0 bridgehead atoms. The molecule has 0 radical (unpaired) electrons. The van der Waals surface area contributed by atoms with Gasteiger partial charge >= 0.3 is 0 Å². The van der Waals surface area contributed by atoms with E-state index in [1.807, 2.05) is 27.0 Å². The molecule has 1 aliphatic rings. The largest absolute Gasteiger partial charge is 0.371 e. The van der Waals surface area contributed by atoms with Crippen molar-refractivity contribution in [1.82, 2.24) is 9.88 Å². The van der Waals surface area contributed by atoms with Crippen LogP contribution in [-0.4, -0.2) is 36.0 Å². The fourth-order valence-electron chi connectivity index (χ4n) is 2.99. The minimum Gasteiger partial charge on any atom is -0.371 e. The summed E-state index contributed by atoms with van der Waals surface area (Å²) in [6.45, 7) is 5.25. The first kappa shape index (κ1) is 16.1. The Labute approximate surface area is 141 Å². The van der Waals surface area contributed by atoms with Crippen LogP contribution in [0.5, 0.6) is 0 Å². The van der Waals surface area contributed by atoms with Crippen LogP contribution in [-0.2, 0) is 22.4 Å². The second-order valence-electron chi connectivity index (χ2n) is 6.00. The normalized spacial score (nSPS) is 16.9. The predicted molar refractivity (Wildman–Crippen MR) is 91.8 cm³/mol. The Bertz CT molecular complexity index is 711. The van der Waals surface area contributed by atoms with Crippen LogP contribution in [0.15, 0.2) is 24.3 Å². The Hall–Kier alpha value is -1.72. The summed E-state index contributed by atoms with van der Waals surface area (Å²) in [6.07, 6.45) is 1.34. The topological polar surface area (TPSA) is 42.4 Å². The van der Waals surface area contributed by atoms with E-state index in [1.165, 1.54) is 11.1 Å². The first-order valence-electron chi connectivity index (χ1n) is 7.91. The average Bonchev–Trinajstić information content (AvgIpc) is 2.85. The number of hydrogen-bond acceptors (Lipinski definition) is 4. The molecule has 2 aromatic rings. The lowest BCUT2D eigenvalue weighted by Gasteiger charge is -2.29. The average molecular weight is 330 g/mol. The second-order valence-corrected chi connectivity index (χ2v) is 7.29. The summed E-state index contributed by atoms with van der Waals surface area (Å²) in [5.74, 6) is 0.114. The van der Waals surface area contributed by atoms with E-state index in [-0.39, 0.29) is 12.0 Å². The van der Waals surface area contributed by atoms with Gasteiger partial charge in [0.2, 0.25) is 5.91 Å². The molecule has 1 unspecified atom stereocenters. The minimum atomic E-state index is -0.0295. The van der Waals surface area contributed by atoms with E-state index in [4.69, 9.17) is 4.74 Å². The number of ether oxygens (including phenoxy) is 1. The van der Waals surface area contributed by atoms with E-state index >= 15 is 0 Å². The van der Waals surface area contributed by atoms with Gasteiger partial charge < -0.3 is 9.64 Å². The third-order valence-electron chi connectivity index (χ3n) is 4.27. The highest BCUT2D eigenvalue weighted by Crippen LogP contribution is 2.27. The van der Waals surface area contributed by atoms with Crippen LogP contribution in [0.4, 0.5) is 0 Å². The fourth-order valence-corrected chi connectivity index (χ4v) is 3.92. The molecule has 0 spiro atoms. The molecular weight excluding hydrogens is 308 g/mol. The van der Waals surface area contributed by atoms with Crippen molar-refractivity contribution in [3.63, 3.8) is 0 Å². The molecule has 23 heavy (non-hydrogen) atoms. The lowest BCUT2D eigenvalue weighted by molar-refractivity contribution is -0.131. The maximum Gasteiger partial charge on any atom is 0.227 e. The standard InChI is InChI=1S/C18H22N2O2S/c1-12-17(23-13(2)19-12)10-18(21)20(3)11-16-15-7-5-4-6-14(15)8-9-22-16/h4-7,16H,8-11H2,1-3H3. The Morgan fingerprint density at radius 1 is 1.39 bits per heavy atom. The van der Waals surface area contributed by atoms with Crippen molar-refractivity contribution in [2.24, 2.45) is 0 Å². The molecule has 1 amide bonds. The van der Waals surface area contributed by atoms with E-state index in [0.717, 1.165) is 28.6 Å². The second kappa shape index (κ2) is 6.81. The first-order chi connectivity index (χ1) is 11.0. The molecule has 4 nitrogen and oxygen atoms in total. The highest BCUT2D eigenvalue weighted by Gasteiger charge is 2.24. The van der Waals surface area contributed by atoms with E-state index in [1.54, 1.807) is 16.2 Å². The van der Waals surface area contributed by atoms with E-state index in [9.17, 15) is 4.79 Å². The number of nitrogens with zero attached hydrogens (tertiary/aromatic N) is 2. The molecule has 1 aromatic heterocycles. The van der Waals surface area contributed by atoms with Crippen molar-refractivity contribution < 1.29 is 9.53 Å². The van der Waals surface area contributed by atoms with Crippen LogP contribution in [0.25, 0.3) is 0 Å². The van der Waals surface area contributed by atoms with Crippen molar-refractivity contribution in [1.29, 1.82) is 0 Å². The number of benzene rings is 1. The highest BCUT2D eigenvalue weighted by molar-refractivity contribution is 7.11. The monoisotopic (exact) mass is 330 g/mol. The third-order valence-corrected chi connectivity index (χ3v) is 5.34. The molecular formula is C18H22N2O2S. The zero-order valence-corrected chi connectivity index (χ0v) is 14.7. The molecule has 5 heteroatoms. The Balaban J connectivity index is 1.66. The molecule has 0 saturated carbocycles. The van der Waals surface area contributed by atoms with Gasteiger partial charge in [0.1, 0.15) is 6.10 Å². The molecule has 0 aliphatic carbocycles. The van der Waals surface area contributed by atoms with Gasteiger partial charge in [0.25, 0.3) is 0 Å². The molecule has 1 atom stereocenters. The number of thiazole rings is 1. The Morgan fingerprint density at radius 2 is 2.17 bits per heavy atom.